The second-order valence-corrected chi connectivity index (χ2v) is 7.64. The summed E-state index contributed by atoms with van der Waals surface area (Å²) in [4.78, 5) is 26.5. The monoisotopic (exact) mass is 379 g/mol. The Morgan fingerprint density at radius 2 is 1.82 bits per heavy atom. The molecule has 0 bridgehead atoms. The molecule has 146 valence electrons. The second kappa shape index (κ2) is 8.15. The molecule has 0 aromatic heterocycles. The molecule has 5 nitrogen and oxygen atoms in total. The highest BCUT2D eigenvalue weighted by atomic mass is 16.7. The van der Waals surface area contributed by atoms with E-state index in [4.69, 9.17) is 9.47 Å². The first-order valence-corrected chi connectivity index (χ1v) is 9.94. The van der Waals surface area contributed by atoms with Gasteiger partial charge in [0.25, 0.3) is 11.8 Å². The van der Waals surface area contributed by atoms with Gasteiger partial charge in [0, 0.05) is 13.0 Å². The van der Waals surface area contributed by atoms with Crippen molar-refractivity contribution in [1.82, 2.24) is 4.90 Å². The van der Waals surface area contributed by atoms with Gasteiger partial charge in [0.15, 0.2) is 6.29 Å². The molecule has 0 saturated carbocycles. The standard InChI is InChI=1S/C23H25NO4/c1-16(15-24-22(25)19-9-2-3-10-20(19)23(24)26)13-17-7-6-8-18(14-17)28-21-11-4-5-12-27-21/h2-3,6-10,14,16,21H,4-5,11-13,15H2,1H3. The zero-order valence-electron chi connectivity index (χ0n) is 16.1. The van der Waals surface area contributed by atoms with Gasteiger partial charge >= 0.3 is 0 Å². The van der Waals surface area contributed by atoms with Gasteiger partial charge in [-0.2, -0.15) is 0 Å². The molecule has 0 N–H and O–H groups in total. The third-order valence-electron chi connectivity index (χ3n) is 5.26. The fourth-order valence-corrected chi connectivity index (χ4v) is 3.89. The predicted molar refractivity (Wildman–Crippen MR) is 105 cm³/mol. The number of carbonyl (C=O) groups excluding carboxylic acids is 2. The van der Waals surface area contributed by atoms with Crippen LogP contribution in [0.2, 0.25) is 0 Å². The minimum atomic E-state index is -0.195. The van der Waals surface area contributed by atoms with Gasteiger partial charge in [-0.3, -0.25) is 14.5 Å². The molecule has 1 saturated heterocycles. The lowest BCUT2D eigenvalue weighted by molar-refractivity contribution is -0.105. The number of carbonyl (C=O) groups is 2. The highest BCUT2D eigenvalue weighted by Crippen LogP contribution is 2.25. The van der Waals surface area contributed by atoms with E-state index >= 15 is 0 Å². The molecule has 28 heavy (non-hydrogen) atoms. The number of fused-ring (bicyclic) bond motifs is 1. The highest BCUT2D eigenvalue weighted by molar-refractivity contribution is 6.21. The molecule has 5 heteroatoms. The van der Waals surface area contributed by atoms with Crippen LogP contribution in [0.5, 0.6) is 5.75 Å². The van der Waals surface area contributed by atoms with Crippen LogP contribution in [0, 0.1) is 5.92 Å². The Morgan fingerprint density at radius 1 is 1.07 bits per heavy atom. The number of nitrogens with zero attached hydrogens (tertiary/aromatic N) is 1. The van der Waals surface area contributed by atoms with Gasteiger partial charge in [-0.1, -0.05) is 31.2 Å². The lowest BCUT2D eigenvalue weighted by Gasteiger charge is -2.24. The van der Waals surface area contributed by atoms with Crippen LogP contribution in [-0.4, -0.2) is 36.2 Å². The highest BCUT2D eigenvalue weighted by Gasteiger charge is 2.35. The molecular formula is C23H25NO4. The maximum atomic E-state index is 12.5. The molecule has 0 spiro atoms. The van der Waals surface area contributed by atoms with Gasteiger partial charge in [0.1, 0.15) is 5.75 Å². The Morgan fingerprint density at radius 3 is 2.50 bits per heavy atom. The van der Waals surface area contributed by atoms with Crippen molar-refractivity contribution >= 4 is 11.8 Å². The summed E-state index contributed by atoms with van der Waals surface area (Å²) in [7, 11) is 0. The van der Waals surface area contributed by atoms with Crippen molar-refractivity contribution in [3.05, 3.63) is 65.2 Å². The summed E-state index contributed by atoms with van der Waals surface area (Å²) in [5, 5.41) is 0. The van der Waals surface area contributed by atoms with Crippen molar-refractivity contribution < 1.29 is 19.1 Å². The van der Waals surface area contributed by atoms with E-state index in [2.05, 4.69) is 6.92 Å². The first-order chi connectivity index (χ1) is 13.6. The molecule has 0 radical (unpaired) electrons. The summed E-state index contributed by atoms with van der Waals surface area (Å²) in [6.45, 7) is 3.21. The SMILES string of the molecule is CC(Cc1cccc(OC2CCCCO2)c1)CN1C(=O)c2ccccc2C1=O. The predicted octanol–water partition coefficient (Wildman–Crippen LogP) is 4.07. The van der Waals surface area contributed by atoms with Crippen LogP contribution in [-0.2, 0) is 11.2 Å². The molecule has 4 rings (SSSR count). The number of benzene rings is 2. The maximum Gasteiger partial charge on any atom is 0.261 e. The van der Waals surface area contributed by atoms with Crippen LogP contribution >= 0.6 is 0 Å². The van der Waals surface area contributed by atoms with Crippen molar-refractivity contribution in [2.24, 2.45) is 5.92 Å². The average molecular weight is 379 g/mol. The van der Waals surface area contributed by atoms with Crippen LogP contribution in [0.1, 0.15) is 52.5 Å². The molecule has 1 fully saturated rings. The van der Waals surface area contributed by atoms with Crippen molar-refractivity contribution in [3.63, 3.8) is 0 Å². The zero-order valence-corrected chi connectivity index (χ0v) is 16.1. The summed E-state index contributed by atoms with van der Waals surface area (Å²) >= 11 is 0. The van der Waals surface area contributed by atoms with Gasteiger partial charge in [0.05, 0.1) is 17.7 Å². The Labute approximate surface area is 165 Å². The van der Waals surface area contributed by atoms with E-state index < -0.39 is 0 Å². The topological polar surface area (TPSA) is 55.8 Å². The minimum Gasteiger partial charge on any atom is -0.465 e. The number of hydrogen-bond donors (Lipinski definition) is 0. The number of ether oxygens (including phenoxy) is 2. The molecule has 2 aliphatic rings. The summed E-state index contributed by atoms with van der Waals surface area (Å²) in [5.41, 5.74) is 2.13. The first kappa shape index (κ1) is 18.7. The van der Waals surface area contributed by atoms with E-state index in [0.717, 1.165) is 43.6 Å². The Kier molecular flexibility index (Phi) is 5.44. The Bertz CT molecular complexity index is 837. The van der Waals surface area contributed by atoms with Crippen molar-refractivity contribution in [3.8, 4) is 5.75 Å². The Hall–Kier alpha value is -2.66. The van der Waals surface area contributed by atoms with Gasteiger partial charge in [-0.05, 0) is 55.0 Å². The molecule has 0 aliphatic carbocycles. The van der Waals surface area contributed by atoms with E-state index in [1.54, 1.807) is 24.3 Å². The largest absolute Gasteiger partial charge is 0.465 e. The van der Waals surface area contributed by atoms with Crippen LogP contribution in [0.4, 0.5) is 0 Å². The van der Waals surface area contributed by atoms with Crippen molar-refractivity contribution in [2.45, 2.75) is 38.9 Å². The fraction of sp³-hybridized carbons (Fsp3) is 0.391. The average Bonchev–Trinajstić information content (AvgIpc) is 2.94. The first-order valence-electron chi connectivity index (χ1n) is 9.94. The summed E-state index contributed by atoms with van der Waals surface area (Å²) < 4.78 is 11.6. The molecule has 2 aliphatic heterocycles. The minimum absolute atomic E-state index is 0.142. The van der Waals surface area contributed by atoms with E-state index in [1.165, 1.54) is 4.90 Å². The Balaban J connectivity index is 1.38. The third-order valence-corrected chi connectivity index (χ3v) is 5.26. The maximum absolute atomic E-state index is 12.5. The third kappa shape index (κ3) is 3.94. The van der Waals surface area contributed by atoms with Gasteiger partial charge in [-0.25, -0.2) is 0 Å². The van der Waals surface area contributed by atoms with Crippen LogP contribution < -0.4 is 4.74 Å². The van der Waals surface area contributed by atoms with E-state index in [0.29, 0.717) is 17.7 Å². The van der Waals surface area contributed by atoms with E-state index in [-0.39, 0.29) is 24.0 Å². The summed E-state index contributed by atoms with van der Waals surface area (Å²) in [5.74, 6) is 0.554. The summed E-state index contributed by atoms with van der Waals surface area (Å²) in [6.07, 6.45) is 3.73. The molecule has 2 aromatic carbocycles. The van der Waals surface area contributed by atoms with Crippen molar-refractivity contribution in [2.75, 3.05) is 13.2 Å². The molecule has 2 aromatic rings. The smallest absolute Gasteiger partial charge is 0.261 e. The zero-order chi connectivity index (χ0) is 19.5. The lowest BCUT2D eigenvalue weighted by atomic mass is 10.0. The summed E-state index contributed by atoms with van der Waals surface area (Å²) in [6, 6.07) is 15.0. The van der Waals surface area contributed by atoms with Crippen LogP contribution in [0.25, 0.3) is 0 Å². The van der Waals surface area contributed by atoms with Crippen LogP contribution in [0.15, 0.2) is 48.5 Å². The van der Waals surface area contributed by atoms with Gasteiger partial charge in [-0.15, -0.1) is 0 Å². The second-order valence-electron chi connectivity index (χ2n) is 7.64. The number of hydrogen-bond acceptors (Lipinski definition) is 4. The van der Waals surface area contributed by atoms with E-state index in [9.17, 15) is 9.59 Å². The quantitative estimate of drug-likeness (QED) is 0.710. The molecular weight excluding hydrogens is 354 g/mol. The van der Waals surface area contributed by atoms with Gasteiger partial charge in [0.2, 0.25) is 0 Å². The number of rotatable bonds is 6. The molecule has 2 atom stereocenters. The van der Waals surface area contributed by atoms with Gasteiger partial charge < -0.3 is 9.47 Å². The van der Waals surface area contributed by atoms with Crippen LogP contribution in [0.3, 0.4) is 0 Å². The fourth-order valence-electron chi connectivity index (χ4n) is 3.89. The number of imide groups is 1. The van der Waals surface area contributed by atoms with Crippen molar-refractivity contribution in [1.29, 1.82) is 0 Å². The number of amides is 2. The molecule has 2 heterocycles. The van der Waals surface area contributed by atoms with E-state index in [1.807, 2.05) is 24.3 Å². The normalized spacial score (nSPS) is 20.2. The lowest BCUT2D eigenvalue weighted by Crippen LogP contribution is -2.34. The molecule has 2 amide bonds. The molecule has 2 unspecified atom stereocenters.